The van der Waals surface area contributed by atoms with Crippen molar-refractivity contribution < 1.29 is 14.7 Å². The Morgan fingerprint density at radius 1 is 1.15 bits per heavy atom. The van der Waals surface area contributed by atoms with Gasteiger partial charge in [-0.2, -0.15) is 5.10 Å². The van der Waals surface area contributed by atoms with Crippen LogP contribution in [0, 0.1) is 0 Å². The van der Waals surface area contributed by atoms with E-state index in [1.54, 1.807) is 6.21 Å². The maximum Gasteiger partial charge on any atom is 0.271 e. The van der Waals surface area contributed by atoms with Gasteiger partial charge in [-0.25, -0.2) is 5.43 Å². The average molecular weight is 464 g/mol. The summed E-state index contributed by atoms with van der Waals surface area (Å²) in [4.78, 5) is 27.3. The molecule has 170 valence electrons. The highest BCUT2D eigenvalue weighted by Gasteiger charge is 2.23. The number of hydrazone groups is 1. The number of hydrogen-bond acceptors (Lipinski definition) is 4. The van der Waals surface area contributed by atoms with Gasteiger partial charge < -0.3 is 10.0 Å². The number of aromatic hydroxyl groups is 1. The molecule has 1 saturated heterocycles. The van der Waals surface area contributed by atoms with Gasteiger partial charge in [-0.15, -0.1) is 0 Å². The Labute approximate surface area is 197 Å². The number of carbonyl (C=O) groups is 2. The predicted molar refractivity (Wildman–Crippen MR) is 131 cm³/mol. The van der Waals surface area contributed by atoms with E-state index in [2.05, 4.69) is 17.5 Å². The van der Waals surface area contributed by atoms with Gasteiger partial charge >= 0.3 is 0 Å². The van der Waals surface area contributed by atoms with Crippen molar-refractivity contribution >= 4 is 40.4 Å². The molecule has 4 rings (SSSR count). The number of rotatable bonds is 5. The summed E-state index contributed by atoms with van der Waals surface area (Å²) in [6.07, 6.45) is 5.25. The Morgan fingerprint density at radius 2 is 1.94 bits per heavy atom. The highest BCUT2D eigenvalue weighted by atomic mass is 35.5. The molecule has 3 aromatic carbocycles. The molecule has 3 aromatic rings. The van der Waals surface area contributed by atoms with Crippen molar-refractivity contribution in [1.29, 1.82) is 0 Å². The van der Waals surface area contributed by atoms with Crippen molar-refractivity contribution in [3.8, 4) is 5.75 Å². The van der Waals surface area contributed by atoms with Crippen LogP contribution in [0.1, 0.15) is 47.7 Å². The second kappa shape index (κ2) is 10.0. The van der Waals surface area contributed by atoms with Crippen LogP contribution in [-0.4, -0.2) is 40.6 Å². The molecule has 0 saturated carbocycles. The van der Waals surface area contributed by atoms with Crippen molar-refractivity contribution in [2.75, 3.05) is 6.54 Å². The van der Waals surface area contributed by atoms with Gasteiger partial charge in [0.1, 0.15) is 5.75 Å². The van der Waals surface area contributed by atoms with Crippen LogP contribution in [0.2, 0.25) is 5.02 Å². The zero-order valence-electron chi connectivity index (χ0n) is 18.4. The molecular weight excluding hydrogens is 438 g/mol. The van der Waals surface area contributed by atoms with Gasteiger partial charge in [0.2, 0.25) is 5.91 Å². The van der Waals surface area contributed by atoms with Gasteiger partial charge in [0.25, 0.3) is 5.91 Å². The molecule has 2 N–H and O–H groups in total. The van der Waals surface area contributed by atoms with Gasteiger partial charge in [0.05, 0.1) is 17.7 Å². The van der Waals surface area contributed by atoms with Crippen LogP contribution in [0.25, 0.3) is 10.8 Å². The summed E-state index contributed by atoms with van der Waals surface area (Å²) in [5.41, 5.74) is 4.59. The number of phenols is 1. The van der Waals surface area contributed by atoms with Crippen LogP contribution in [-0.2, 0) is 11.2 Å². The molecule has 1 aliphatic heterocycles. The lowest BCUT2D eigenvalue weighted by Crippen LogP contribution is -2.42. The van der Waals surface area contributed by atoms with E-state index in [4.69, 9.17) is 11.6 Å². The van der Waals surface area contributed by atoms with Crippen molar-refractivity contribution in [2.45, 2.75) is 38.6 Å². The number of nitrogens with zero attached hydrogens (tertiary/aromatic N) is 2. The Balaban J connectivity index is 1.51. The lowest BCUT2D eigenvalue weighted by atomic mass is 9.96. The number of halogens is 1. The first kappa shape index (κ1) is 22.8. The molecule has 2 amide bonds. The number of fused-ring (bicyclic) bond motifs is 1. The molecule has 0 radical (unpaired) electrons. The first-order valence-corrected chi connectivity index (χ1v) is 11.4. The van der Waals surface area contributed by atoms with Crippen molar-refractivity contribution in [3.63, 3.8) is 0 Å². The average Bonchev–Trinajstić information content (AvgIpc) is 2.82. The fourth-order valence-electron chi connectivity index (χ4n) is 4.26. The standard InChI is InChI=1S/C26H26ClN3O3/c1-17-6-4-5-13-30(17)25(32)15-18-9-10-20(22-8-3-2-7-21(18)22)16-28-29-26(33)19-11-12-24(31)23(27)14-19/h2-3,7-12,14,16-17,31H,4-6,13,15H2,1H3,(H,29,33). The first-order valence-electron chi connectivity index (χ1n) is 11.1. The number of hydrogen-bond donors (Lipinski definition) is 2. The molecule has 6 nitrogen and oxygen atoms in total. The summed E-state index contributed by atoms with van der Waals surface area (Å²) in [6, 6.07) is 16.3. The van der Waals surface area contributed by atoms with Gasteiger partial charge in [-0.3, -0.25) is 9.59 Å². The molecule has 0 aromatic heterocycles. The fraction of sp³-hybridized carbons (Fsp3) is 0.269. The Hall–Kier alpha value is -3.38. The quantitative estimate of drug-likeness (QED) is 0.416. The number of piperidine rings is 1. The SMILES string of the molecule is CC1CCCCN1C(=O)Cc1ccc(C=NNC(=O)c2ccc(O)c(Cl)c2)c2ccccc12. The molecule has 0 spiro atoms. The number of amides is 2. The zero-order valence-corrected chi connectivity index (χ0v) is 19.2. The lowest BCUT2D eigenvalue weighted by Gasteiger charge is -2.33. The van der Waals surface area contributed by atoms with E-state index in [1.807, 2.05) is 41.3 Å². The smallest absolute Gasteiger partial charge is 0.271 e. The molecule has 33 heavy (non-hydrogen) atoms. The molecule has 0 aliphatic carbocycles. The van der Waals surface area contributed by atoms with Crippen LogP contribution in [0.4, 0.5) is 0 Å². The minimum atomic E-state index is -0.435. The molecule has 1 atom stereocenters. The molecular formula is C26H26ClN3O3. The number of phenolic OH excluding ortho intramolecular Hbond substituents is 1. The van der Waals surface area contributed by atoms with Crippen LogP contribution < -0.4 is 5.43 Å². The second-order valence-electron chi connectivity index (χ2n) is 8.33. The van der Waals surface area contributed by atoms with Gasteiger partial charge in [-0.05, 0) is 60.7 Å². The molecule has 0 bridgehead atoms. The highest BCUT2D eigenvalue weighted by Crippen LogP contribution is 2.25. The van der Waals surface area contributed by atoms with E-state index < -0.39 is 5.91 Å². The summed E-state index contributed by atoms with van der Waals surface area (Å²) in [7, 11) is 0. The van der Waals surface area contributed by atoms with Gasteiger partial charge in [-0.1, -0.05) is 48.0 Å². The number of nitrogens with one attached hydrogen (secondary N) is 1. The summed E-state index contributed by atoms with van der Waals surface area (Å²) in [5.74, 6) is -0.361. The molecule has 1 unspecified atom stereocenters. The largest absolute Gasteiger partial charge is 0.506 e. The summed E-state index contributed by atoms with van der Waals surface area (Å²) in [5, 5.41) is 15.6. The minimum absolute atomic E-state index is 0.0866. The van der Waals surface area contributed by atoms with Crippen LogP contribution >= 0.6 is 11.6 Å². The van der Waals surface area contributed by atoms with E-state index in [-0.39, 0.29) is 22.7 Å². The van der Waals surface area contributed by atoms with E-state index in [0.29, 0.717) is 12.0 Å². The van der Waals surface area contributed by atoms with Crippen LogP contribution in [0.5, 0.6) is 5.75 Å². The topological polar surface area (TPSA) is 82.0 Å². The summed E-state index contributed by atoms with van der Waals surface area (Å²) >= 11 is 5.87. The van der Waals surface area contributed by atoms with Gasteiger partial charge in [0, 0.05) is 23.7 Å². The third-order valence-electron chi connectivity index (χ3n) is 6.09. The normalized spacial score (nSPS) is 16.3. The minimum Gasteiger partial charge on any atom is -0.506 e. The molecule has 1 aliphatic rings. The maximum absolute atomic E-state index is 13.0. The number of likely N-dealkylation sites (tertiary alicyclic amines) is 1. The second-order valence-corrected chi connectivity index (χ2v) is 8.74. The maximum atomic E-state index is 13.0. The zero-order chi connectivity index (χ0) is 23.4. The highest BCUT2D eigenvalue weighted by molar-refractivity contribution is 6.32. The summed E-state index contributed by atoms with van der Waals surface area (Å²) in [6.45, 7) is 2.95. The number of carbonyl (C=O) groups excluding carboxylic acids is 2. The third-order valence-corrected chi connectivity index (χ3v) is 6.40. The van der Waals surface area contributed by atoms with E-state index in [0.717, 1.165) is 41.3 Å². The fourth-order valence-corrected chi connectivity index (χ4v) is 4.44. The molecule has 1 fully saturated rings. The Kier molecular flexibility index (Phi) is 6.94. The molecule has 7 heteroatoms. The number of benzene rings is 3. The van der Waals surface area contributed by atoms with Crippen molar-refractivity contribution in [3.05, 3.63) is 76.3 Å². The summed E-state index contributed by atoms with van der Waals surface area (Å²) < 4.78 is 0. The van der Waals surface area contributed by atoms with Crippen LogP contribution in [0.3, 0.4) is 0 Å². The monoisotopic (exact) mass is 463 g/mol. The Bertz CT molecular complexity index is 1220. The Morgan fingerprint density at radius 3 is 2.70 bits per heavy atom. The van der Waals surface area contributed by atoms with E-state index in [1.165, 1.54) is 24.6 Å². The first-order chi connectivity index (χ1) is 15.9. The van der Waals surface area contributed by atoms with Crippen molar-refractivity contribution in [1.82, 2.24) is 10.3 Å². The predicted octanol–water partition coefficient (Wildman–Crippen LogP) is 4.91. The van der Waals surface area contributed by atoms with E-state index >= 15 is 0 Å². The van der Waals surface area contributed by atoms with E-state index in [9.17, 15) is 14.7 Å². The van der Waals surface area contributed by atoms with Gasteiger partial charge in [0.15, 0.2) is 0 Å². The lowest BCUT2D eigenvalue weighted by molar-refractivity contribution is -0.133. The third kappa shape index (κ3) is 5.17. The molecule has 1 heterocycles. The van der Waals surface area contributed by atoms with Crippen molar-refractivity contribution in [2.24, 2.45) is 5.10 Å². The van der Waals surface area contributed by atoms with Crippen LogP contribution in [0.15, 0.2) is 59.7 Å².